The second kappa shape index (κ2) is 8.35. The maximum atomic E-state index is 12.5. The van der Waals surface area contributed by atoms with Gasteiger partial charge in [-0.05, 0) is 51.5 Å². The molecule has 6 nitrogen and oxygen atoms in total. The minimum Gasteiger partial charge on any atom is -0.390 e. The minimum atomic E-state index is -0.305. The summed E-state index contributed by atoms with van der Waals surface area (Å²) in [6, 6.07) is 1.99. The Morgan fingerprint density at radius 2 is 2.12 bits per heavy atom. The number of carbonyl (C=O) groups is 1. The fourth-order valence-electron chi connectivity index (χ4n) is 3.80. The molecule has 142 valence electrons. The summed E-state index contributed by atoms with van der Waals surface area (Å²) >= 11 is 6.05. The molecule has 2 heterocycles. The zero-order valence-electron chi connectivity index (χ0n) is 15.4. The summed E-state index contributed by atoms with van der Waals surface area (Å²) < 4.78 is 1.92. The molecular weight excluding hydrogens is 352 g/mol. The number of alkyl halides is 1. The summed E-state index contributed by atoms with van der Waals surface area (Å²) in [5.74, 6) is 0.478. The maximum Gasteiger partial charge on any atom is 0.249 e. The van der Waals surface area contributed by atoms with Crippen LogP contribution in [0.4, 0.5) is 0 Å². The van der Waals surface area contributed by atoms with Gasteiger partial charge in [0.25, 0.3) is 0 Å². The van der Waals surface area contributed by atoms with E-state index in [0.29, 0.717) is 11.5 Å². The molecule has 2 N–H and O–H groups in total. The Balaban J connectivity index is 1.50. The molecule has 1 aliphatic carbocycles. The van der Waals surface area contributed by atoms with Crippen molar-refractivity contribution in [2.24, 2.45) is 10.9 Å². The summed E-state index contributed by atoms with van der Waals surface area (Å²) in [6.45, 7) is 4.70. The van der Waals surface area contributed by atoms with Crippen LogP contribution in [0.25, 0.3) is 0 Å². The van der Waals surface area contributed by atoms with Crippen LogP contribution in [0.1, 0.15) is 44.0 Å². The summed E-state index contributed by atoms with van der Waals surface area (Å²) in [5, 5.41) is 16.8. The molecule has 1 aromatic rings. The number of allylic oxidation sites excluding steroid dienone is 1. The third kappa shape index (κ3) is 4.54. The average Bonchev–Trinajstić information content (AvgIpc) is 2.98. The molecular formula is C19H27ClN4O2. The van der Waals surface area contributed by atoms with E-state index in [9.17, 15) is 9.90 Å². The van der Waals surface area contributed by atoms with Gasteiger partial charge in [0.15, 0.2) is 0 Å². The van der Waals surface area contributed by atoms with Crippen LogP contribution >= 0.6 is 11.6 Å². The summed E-state index contributed by atoms with van der Waals surface area (Å²) in [4.78, 5) is 16.8. The number of nitrogens with one attached hydrogen (secondary N) is 1. The average molecular weight is 379 g/mol. The van der Waals surface area contributed by atoms with Gasteiger partial charge in [0.1, 0.15) is 0 Å². The van der Waals surface area contributed by atoms with Crippen LogP contribution in [0.5, 0.6) is 0 Å². The van der Waals surface area contributed by atoms with Crippen molar-refractivity contribution < 1.29 is 9.90 Å². The molecule has 7 heteroatoms. The number of carbonyl (C=O) groups excluding carboxylic acids is 1. The van der Waals surface area contributed by atoms with Crippen molar-refractivity contribution in [1.82, 2.24) is 15.1 Å². The van der Waals surface area contributed by atoms with E-state index < -0.39 is 0 Å². The minimum absolute atomic E-state index is 0.0174. The van der Waals surface area contributed by atoms with Crippen LogP contribution in [0.15, 0.2) is 22.7 Å². The predicted octanol–water partition coefficient (Wildman–Crippen LogP) is 2.37. The number of aryl methyl sites for hydroxylation is 1. The van der Waals surface area contributed by atoms with Crippen LogP contribution in [0.3, 0.4) is 0 Å². The summed E-state index contributed by atoms with van der Waals surface area (Å²) in [7, 11) is 0. The number of aliphatic hydroxyl groups excluding tert-OH is 1. The van der Waals surface area contributed by atoms with Crippen LogP contribution in [-0.2, 0) is 17.9 Å². The Labute approximate surface area is 159 Å². The van der Waals surface area contributed by atoms with Gasteiger partial charge in [-0.25, -0.2) is 0 Å². The molecule has 1 saturated carbocycles. The van der Waals surface area contributed by atoms with E-state index in [2.05, 4.69) is 15.4 Å². The van der Waals surface area contributed by atoms with Gasteiger partial charge in [0.2, 0.25) is 5.91 Å². The second-order valence-electron chi connectivity index (χ2n) is 7.35. The Morgan fingerprint density at radius 1 is 1.38 bits per heavy atom. The number of nitrogens with zero attached hydrogens (tertiary/aromatic N) is 3. The van der Waals surface area contributed by atoms with Crippen molar-refractivity contribution in [1.29, 1.82) is 0 Å². The van der Waals surface area contributed by atoms with Gasteiger partial charge >= 0.3 is 0 Å². The van der Waals surface area contributed by atoms with Gasteiger partial charge in [-0.3, -0.25) is 14.5 Å². The number of aromatic nitrogens is 2. The van der Waals surface area contributed by atoms with Crippen molar-refractivity contribution >= 4 is 23.7 Å². The summed E-state index contributed by atoms with van der Waals surface area (Å²) in [5.41, 5.74) is 2.46. The van der Waals surface area contributed by atoms with Crippen molar-refractivity contribution in [3.8, 4) is 0 Å². The zero-order chi connectivity index (χ0) is 18.7. The molecule has 0 saturated heterocycles. The SMILES string of the molecule is Cc1cc(CO)n(CC2CCC(NC(=O)C3=CC(Cl)C=NC3C)CC2)n1. The third-order valence-corrected chi connectivity index (χ3v) is 5.50. The van der Waals surface area contributed by atoms with Crippen molar-refractivity contribution in [3.63, 3.8) is 0 Å². The second-order valence-corrected chi connectivity index (χ2v) is 7.85. The molecule has 1 amide bonds. The highest BCUT2D eigenvalue weighted by Crippen LogP contribution is 2.27. The smallest absolute Gasteiger partial charge is 0.249 e. The quantitative estimate of drug-likeness (QED) is 0.772. The maximum absolute atomic E-state index is 12.5. The number of aliphatic imine (C=N–C) groups is 1. The first-order chi connectivity index (χ1) is 12.5. The molecule has 0 radical (unpaired) electrons. The lowest BCUT2D eigenvalue weighted by Crippen LogP contribution is -2.41. The number of aliphatic hydroxyl groups is 1. The van der Waals surface area contributed by atoms with E-state index in [0.717, 1.165) is 43.6 Å². The molecule has 2 unspecified atom stereocenters. The van der Waals surface area contributed by atoms with Gasteiger partial charge in [0, 0.05) is 24.4 Å². The molecule has 0 aromatic carbocycles. The van der Waals surface area contributed by atoms with E-state index >= 15 is 0 Å². The van der Waals surface area contributed by atoms with Crippen LogP contribution in [0, 0.1) is 12.8 Å². The molecule has 2 atom stereocenters. The Hall–Kier alpha value is -1.66. The van der Waals surface area contributed by atoms with Crippen molar-refractivity contribution in [2.75, 3.05) is 0 Å². The molecule has 1 aliphatic heterocycles. The van der Waals surface area contributed by atoms with E-state index in [-0.39, 0.29) is 30.0 Å². The highest BCUT2D eigenvalue weighted by Gasteiger charge is 2.26. The molecule has 2 aliphatic rings. The van der Waals surface area contributed by atoms with Gasteiger partial charge in [0.05, 0.1) is 29.4 Å². The van der Waals surface area contributed by atoms with Gasteiger partial charge in [-0.2, -0.15) is 5.10 Å². The number of halogens is 1. The zero-order valence-corrected chi connectivity index (χ0v) is 16.1. The Morgan fingerprint density at radius 3 is 2.81 bits per heavy atom. The van der Waals surface area contributed by atoms with E-state index in [1.807, 2.05) is 24.6 Å². The third-order valence-electron chi connectivity index (χ3n) is 5.26. The predicted molar refractivity (Wildman–Crippen MR) is 102 cm³/mol. The Kier molecular flexibility index (Phi) is 6.14. The lowest BCUT2D eigenvalue weighted by Gasteiger charge is -2.30. The van der Waals surface area contributed by atoms with Crippen LogP contribution in [-0.4, -0.2) is 44.5 Å². The van der Waals surface area contributed by atoms with Gasteiger partial charge in [-0.1, -0.05) is 6.08 Å². The lowest BCUT2D eigenvalue weighted by atomic mass is 9.85. The Bertz CT molecular complexity index is 704. The van der Waals surface area contributed by atoms with Crippen molar-refractivity contribution in [3.05, 3.63) is 29.1 Å². The number of dihydropyridines is 1. The van der Waals surface area contributed by atoms with E-state index in [1.165, 1.54) is 0 Å². The number of rotatable bonds is 5. The topological polar surface area (TPSA) is 79.5 Å². The largest absolute Gasteiger partial charge is 0.390 e. The van der Waals surface area contributed by atoms with E-state index in [1.54, 1.807) is 12.3 Å². The molecule has 1 fully saturated rings. The first-order valence-corrected chi connectivity index (χ1v) is 9.74. The molecule has 0 bridgehead atoms. The highest BCUT2D eigenvalue weighted by atomic mass is 35.5. The molecule has 1 aromatic heterocycles. The van der Waals surface area contributed by atoms with E-state index in [4.69, 9.17) is 11.6 Å². The lowest BCUT2D eigenvalue weighted by molar-refractivity contribution is -0.118. The van der Waals surface area contributed by atoms with Gasteiger partial charge in [-0.15, -0.1) is 11.6 Å². The fourth-order valence-corrected chi connectivity index (χ4v) is 4.00. The normalized spacial score (nSPS) is 28.7. The first kappa shape index (κ1) is 19.1. The van der Waals surface area contributed by atoms with Crippen LogP contribution < -0.4 is 5.32 Å². The van der Waals surface area contributed by atoms with Crippen LogP contribution in [0.2, 0.25) is 0 Å². The number of hydrogen-bond donors (Lipinski definition) is 2. The number of amides is 1. The standard InChI is InChI=1S/C19H27ClN4O2/c1-12-7-17(11-25)24(23-12)10-14-3-5-16(6-4-14)22-19(26)18-8-15(20)9-21-13(18)2/h7-9,13-16,25H,3-6,10-11H2,1-2H3,(H,22,26). The number of hydrogen-bond acceptors (Lipinski definition) is 4. The first-order valence-electron chi connectivity index (χ1n) is 9.30. The highest BCUT2D eigenvalue weighted by molar-refractivity contribution is 6.30. The fraction of sp³-hybridized carbons (Fsp3) is 0.632. The summed E-state index contributed by atoms with van der Waals surface area (Å²) in [6.07, 6.45) is 7.46. The monoisotopic (exact) mass is 378 g/mol. The molecule has 0 spiro atoms. The molecule has 3 rings (SSSR count). The van der Waals surface area contributed by atoms with Crippen molar-refractivity contribution in [2.45, 2.75) is 70.1 Å². The molecule has 26 heavy (non-hydrogen) atoms. The van der Waals surface area contributed by atoms with Gasteiger partial charge < -0.3 is 10.4 Å².